The maximum atomic E-state index is 5.81. The average Bonchev–Trinajstić information content (AvgIpc) is 2.25. The second-order valence-electron chi connectivity index (χ2n) is 4.79. The normalized spacial score (nSPS) is 31.8. The van der Waals surface area contributed by atoms with Crippen molar-refractivity contribution in [2.45, 2.75) is 57.6 Å². The molecular weight excluding hydrogens is 188 g/mol. The van der Waals surface area contributed by atoms with Gasteiger partial charge in [0.05, 0.1) is 5.60 Å². The maximum Gasteiger partial charge on any atom is 0.0666 e. The second-order valence-corrected chi connectivity index (χ2v) is 4.79. The Bertz CT molecular complexity index is 175. The lowest BCUT2D eigenvalue weighted by Gasteiger charge is -2.38. The van der Waals surface area contributed by atoms with Gasteiger partial charge in [-0.05, 0) is 52.1 Å². The number of ether oxygens (including phenoxy) is 1. The summed E-state index contributed by atoms with van der Waals surface area (Å²) in [6.07, 6.45) is 5.72. The van der Waals surface area contributed by atoms with Crippen LogP contribution < -0.4 is 11.1 Å². The molecule has 3 heteroatoms. The van der Waals surface area contributed by atoms with Gasteiger partial charge in [0.25, 0.3) is 0 Å². The lowest BCUT2D eigenvalue weighted by Crippen LogP contribution is -2.45. The zero-order chi connectivity index (χ0) is 11.1. The van der Waals surface area contributed by atoms with E-state index in [1.54, 1.807) is 0 Å². The molecule has 2 atom stereocenters. The van der Waals surface area contributed by atoms with Gasteiger partial charge in [0.1, 0.15) is 0 Å². The molecule has 0 saturated carbocycles. The number of hydrogen-bond donors (Lipinski definition) is 2. The topological polar surface area (TPSA) is 47.3 Å². The molecule has 3 nitrogen and oxygen atoms in total. The molecule has 90 valence electrons. The Morgan fingerprint density at radius 2 is 2.27 bits per heavy atom. The van der Waals surface area contributed by atoms with Crippen LogP contribution >= 0.6 is 0 Å². The molecule has 3 N–H and O–H groups in total. The summed E-state index contributed by atoms with van der Waals surface area (Å²) in [6, 6.07) is 0.640. The first-order valence-electron chi connectivity index (χ1n) is 6.27. The zero-order valence-corrected chi connectivity index (χ0v) is 10.2. The van der Waals surface area contributed by atoms with Crippen molar-refractivity contribution in [1.29, 1.82) is 0 Å². The predicted molar refractivity (Wildman–Crippen MR) is 64.0 cm³/mol. The highest BCUT2D eigenvalue weighted by atomic mass is 16.5. The molecule has 0 aromatic heterocycles. The van der Waals surface area contributed by atoms with Crippen LogP contribution in [0.25, 0.3) is 0 Å². The molecule has 0 bridgehead atoms. The summed E-state index contributed by atoms with van der Waals surface area (Å²) in [5.41, 5.74) is 5.57. The van der Waals surface area contributed by atoms with E-state index in [1.165, 1.54) is 6.42 Å². The quantitative estimate of drug-likeness (QED) is 0.661. The van der Waals surface area contributed by atoms with Crippen molar-refractivity contribution in [3.05, 3.63) is 0 Å². The van der Waals surface area contributed by atoms with Crippen LogP contribution in [0.15, 0.2) is 0 Å². The molecule has 0 aromatic rings. The van der Waals surface area contributed by atoms with Crippen LogP contribution in [0, 0.1) is 0 Å². The van der Waals surface area contributed by atoms with Crippen LogP contribution in [0.5, 0.6) is 0 Å². The Morgan fingerprint density at radius 3 is 2.93 bits per heavy atom. The van der Waals surface area contributed by atoms with Crippen LogP contribution in [0.1, 0.15) is 46.0 Å². The van der Waals surface area contributed by atoms with Crippen LogP contribution in [-0.2, 0) is 4.74 Å². The number of hydrogen-bond acceptors (Lipinski definition) is 3. The van der Waals surface area contributed by atoms with Crippen molar-refractivity contribution in [3.8, 4) is 0 Å². The van der Waals surface area contributed by atoms with Crippen molar-refractivity contribution >= 4 is 0 Å². The molecular formula is C12H26N2O. The fourth-order valence-electron chi connectivity index (χ4n) is 2.13. The summed E-state index contributed by atoms with van der Waals surface area (Å²) < 4.78 is 5.81. The number of nitrogens with one attached hydrogen (secondary N) is 1. The van der Waals surface area contributed by atoms with Crippen molar-refractivity contribution in [2.75, 3.05) is 19.7 Å². The number of unbranched alkanes of at least 4 members (excludes halogenated alkanes) is 1. The highest BCUT2D eigenvalue weighted by molar-refractivity contribution is 4.85. The van der Waals surface area contributed by atoms with E-state index in [4.69, 9.17) is 10.5 Å². The summed E-state index contributed by atoms with van der Waals surface area (Å²) in [7, 11) is 0. The zero-order valence-electron chi connectivity index (χ0n) is 10.2. The lowest BCUT2D eigenvalue weighted by molar-refractivity contribution is -0.0778. The SMILES string of the molecule is CCC1(C)CC(NCCCCN)CCO1. The molecule has 0 aliphatic carbocycles. The summed E-state index contributed by atoms with van der Waals surface area (Å²) in [4.78, 5) is 0. The van der Waals surface area contributed by atoms with E-state index in [9.17, 15) is 0 Å². The third-order valence-electron chi connectivity index (χ3n) is 3.41. The first kappa shape index (κ1) is 12.9. The van der Waals surface area contributed by atoms with Gasteiger partial charge in [0, 0.05) is 12.6 Å². The highest BCUT2D eigenvalue weighted by Crippen LogP contribution is 2.27. The largest absolute Gasteiger partial charge is 0.375 e. The highest BCUT2D eigenvalue weighted by Gasteiger charge is 2.30. The van der Waals surface area contributed by atoms with Crippen molar-refractivity contribution in [1.82, 2.24) is 5.32 Å². The van der Waals surface area contributed by atoms with E-state index in [1.807, 2.05) is 0 Å². The minimum absolute atomic E-state index is 0.101. The molecule has 2 unspecified atom stereocenters. The van der Waals surface area contributed by atoms with E-state index in [0.717, 1.165) is 45.4 Å². The van der Waals surface area contributed by atoms with Crippen LogP contribution in [0.3, 0.4) is 0 Å². The van der Waals surface area contributed by atoms with Crippen molar-refractivity contribution in [2.24, 2.45) is 5.73 Å². The Balaban J connectivity index is 2.18. The Hall–Kier alpha value is -0.120. The van der Waals surface area contributed by atoms with Crippen LogP contribution in [0.4, 0.5) is 0 Å². The summed E-state index contributed by atoms with van der Waals surface area (Å²) >= 11 is 0. The molecule has 1 saturated heterocycles. The van der Waals surface area contributed by atoms with Gasteiger partial charge in [0.2, 0.25) is 0 Å². The standard InChI is InChI=1S/C12H26N2O/c1-3-12(2)10-11(6-9-15-12)14-8-5-4-7-13/h11,14H,3-10,13H2,1-2H3. The van der Waals surface area contributed by atoms with E-state index >= 15 is 0 Å². The molecule has 0 amide bonds. The monoisotopic (exact) mass is 214 g/mol. The van der Waals surface area contributed by atoms with E-state index in [-0.39, 0.29) is 5.60 Å². The van der Waals surface area contributed by atoms with Gasteiger partial charge in [-0.3, -0.25) is 0 Å². The Morgan fingerprint density at radius 1 is 1.47 bits per heavy atom. The fraction of sp³-hybridized carbons (Fsp3) is 1.00. The lowest BCUT2D eigenvalue weighted by atomic mass is 9.90. The molecule has 15 heavy (non-hydrogen) atoms. The number of rotatable bonds is 6. The number of nitrogens with two attached hydrogens (primary N) is 1. The average molecular weight is 214 g/mol. The van der Waals surface area contributed by atoms with E-state index in [2.05, 4.69) is 19.2 Å². The molecule has 1 rings (SSSR count). The summed E-state index contributed by atoms with van der Waals surface area (Å²) in [6.45, 7) is 7.24. The van der Waals surface area contributed by atoms with Gasteiger partial charge in [-0.15, -0.1) is 0 Å². The van der Waals surface area contributed by atoms with Crippen molar-refractivity contribution in [3.63, 3.8) is 0 Å². The van der Waals surface area contributed by atoms with Gasteiger partial charge in [-0.2, -0.15) is 0 Å². The molecule has 1 fully saturated rings. The van der Waals surface area contributed by atoms with Gasteiger partial charge in [0.15, 0.2) is 0 Å². The minimum Gasteiger partial charge on any atom is -0.375 e. The fourth-order valence-corrected chi connectivity index (χ4v) is 2.13. The second kappa shape index (κ2) is 6.46. The summed E-state index contributed by atoms with van der Waals surface area (Å²) in [5, 5.41) is 3.61. The first-order chi connectivity index (χ1) is 7.20. The van der Waals surface area contributed by atoms with Gasteiger partial charge >= 0.3 is 0 Å². The van der Waals surface area contributed by atoms with Crippen LogP contribution in [-0.4, -0.2) is 31.3 Å². The van der Waals surface area contributed by atoms with Gasteiger partial charge < -0.3 is 15.8 Å². The third kappa shape index (κ3) is 4.49. The van der Waals surface area contributed by atoms with Crippen LogP contribution in [0.2, 0.25) is 0 Å². The van der Waals surface area contributed by atoms with Gasteiger partial charge in [-0.1, -0.05) is 6.92 Å². The smallest absolute Gasteiger partial charge is 0.0666 e. The molecule has 0 spiro atoms. The van der Waals surface area contributed by atoms with Gasteiger partial charge in [-0.25, -0.2) is 0 Å². The first-order valence-corrected chi connectivity index (χ1v) is 6.27. The predicted octanol–water partition coefficient (Wildman–Crippen LogP) is 1.66. The Labute approximate surface area is 93.8 Å². The minimum atomic E-state index is 0.101. The molecule has 1 heterocycles. The van der Waals surface area contributed by atoms with Crippen molar-refractivity contribution < 1.29 is 4.74 Å². The van der Waals surface area contributed by atoms with E-state index in [0.29, 0.717) is 6.04 Å². The molecule has 1 aliphatic heterocycles. The molecule has 0 aromatic carbocycles. The molecule has 1 aliphatic rings. The van der Waals surface area contributed by atoms with E-state index < -0.39 is 0 Å². The Kier molecular flexibility index (Phi) is 5.58. The third-order valence-corrected chi connectivity index (χ3v) is 3.41. The summed E-state index contributed by atoms with van der Waals surface area (Å²) in [5.74, 6) is 0. The maximum absolute atomic E-state index is 5.81. The molecule has 0 radical (unpaired) electrons.